The Balaban J connectivity index is 1.55. The summed E-state index contributed by atoms with van der Waals surface area (Å²) in [6, 6.07) is 25.7. The number of nitrogens with one attached hydrogen (secondary N) is 3. The number of benzene rings is 4. The van der Waals surface area contributed by atoms with Gasteiger partial charge in [0.25, 0.3) is 0 Å². The summed E-state index contributed by atoms with van der Waals surface area (Å²) in [6.45, 7) is 3.80. The molecule has 1 aliphatic rings. The molecule has 5 rings (SSSR count). The summed E-state index contributed by atoms with van der Waals surface area (Å²) in [4.78, 5) is 2.34. The molecule has 0 atom stereocenters. The molecule has 1 fully saturated rings. The van der Waals surface area contributed by atoms with Gasteiger partial charge in [-0.3, -0.25) is 5.41 Å². The number of sulfone groups is 1. The Labute approximate surface area is 216 Å². The summed E-state index contributed by atoms with van der Waals surface area (Å²) in [7, 11) is -4.09. The van der Waals surface area contributed by atoms with Crippen LogP contribution in [0.15, 0.2) is 89.8 Å². The maximum absolute atomic E-state index is 13.8. The lowest BCUT2D eigenvalue weighted by atomic mass is 10.1. The van der Waals surface area contributed by atoms with E-state index < -0.39 is 14.9 Å². The first-order valence-corrected chi connectivity index (χ1v) is 13.7. The van der Waals surface area contributed by atoms with Crippen molar-refractivity contribution < 1.29 is 8.42 Å². The van der Waals surface area contributed by atoms with Gasteiger partial charge in [0.05, 0.1) is 4.90 Å². The average Bonchev–Trinajstić information content (AvgIpc) is 2.91. The molecule has 0 amide bonds. The van der Waals surface area contributed by atoms with Gasteiger partial charge < -0.3 is 15.5 Å². The van der Waals surface area contributed by atoms with Crippen molar-refractivity contribution in [3.63, 3.8) is 0 Å². The summed E-state index contributed by atoms with van der Waals surface area (Å²) in [6.07, 6.45) is 0. The molecule has 6 nitrogen and oxygen atoms in total. The van der Waals surface area contributed by atoms with E-state index in [1.807, 2.05) is 66.7 Å². The van der Waals surface area contributed by atoms with Gasteiger partial charge in [-0.1, -0.05) is 60.1 Å². The van der Waals surface area contributed by atoms with Crippen LogP contribution in [0.3, 0.4) is 0 Å². The van der Waals surface area contributed by atoms with E-state index in [1.54, 1.807) is 18.2 Å². The van der Waals surface area contributed by atoms with Crippen LogP contribution in [0.1, 0.15) is 11.1 Å². The highest BCUT2D eigenvalue weighted by Gasteiger charge is 2.27. The van der Waals surface area contributed by atoms with Crippen LogP contribution in [-0.4, -0.2) is 39.6 Å². The normalized spacial score (nSPS) is 14.1. The lowest BCUT2D eigenvalue weighted by molar-refractivity contribution is 0.589. The molecule has 1 saturated heterocycles. The number of hydrogen-bond donors (Lipinski definition) is 3. The quantitative estimate of drug-likeness (QED) is 0.238. The molecule has 184 valence electrons. The molecule has 1 heterocycles. The van der Waals surface area contributed by atoms with Gasteiger partial charge in [-0.05, 0) is 47.3 Å². The van der Waals surface area contributed by atoms with Crippen molar-refractivity contribution in [3.8, 4) is 0 Å². The van der Waals surface area contributed by atoms with Crippen molar-refractivity contribution in [2.24, 2.45) is 0 Å². The Morgan fingerprint density at radius 3 is 2.50 bits per heavy atom. The van der Waals surface area contributed by atoms with E-state index in [9.17, 15) is 8.42 Å². The molecule has 3 N–H and O–H groups in total. The van der Waals surface area contributed by atoms with Crippen LogP contribution in [0, 0.1) is 5.41 Å². The minimum Gasteiger partial charge on any atom is -0.380 e. The molecular formula is C28H27ClN4O2S. The van der Waals surface area contributed by atoms with Gasteiger partial charge >= 0.3 is 0 Å². The molecule has 0 aromatic heterocycles. The highest BCUT2D eigenvalue weighted by molar-refractivity contribution is 8.07. The SMILES string of the molecule is N=C(c1cc(N2CCNCC2)ccc1NCc1cccc(Cl)c1)S(=O)(=O)c1cccc2ccccc12. The minimum atomic E-state index is -4.09. The molecule has 0 radical (unpaired) electrons. The summed E-state index contributed by atoms with van der Waals surface area (Å²) in [5.41, 5.74) is 2.80. The van der Waals surface area contributed by atoms with Crippen molar-refractivity contribution in [1.82, 2.24) is 5.32 Å². The molecule has 4 aromatic rings. The molecule has 4 aromatic carbocycles. The van der Waals surface area contributed by atoms with E-state index >= 15 is 0 Å². The molecule has 0 unspecified atom stereocenters. The lowest BCUT2D eigenvalue weighted by Gasteiger charge is -2.30. The number of fused-ring (bicyclic) bond motifs is 1. The smallest absolute Gasteiger partial charge is 0.224 e. The fraction of sp³-hybridized carbons (Fsp3) is 0.179. The average molecular weight is 519 g/mol. The second-order valence-corrected chi connectivity index (χ2v) is 11.1. The van der Waals surface area contributed by atoms with E-state index in [2.05, 4.69) is 15.5 Å². The van der Waals surface area contributed by atoms with Crippen LogP contribution in [0.2, 0.25) is 5.02 Å². The maximum Gasteiger partial charge on any atom is 0.224 e. The topological polar surface area (TPSA) is 85.3 Å². The zero-order valence-electron chi connectivity index (χ0n) is 19.7. The Kier molecular flexibility index (Phi) is 6.96. The minimum absolute atomic E-state index is 0.138. The van der Waals surface area contributed by atoms with Crippen LogP contribution >= 0.6 is 11.6 Å². The van der Waals surface area contributed by atoms with Gasteiger partial charge in [-0.2, -0.15) is 0 Å². The number of nitrogens with zero attached hydrogens (tertiary/aromatic N) is 1. The third kappa shape index (κ3) is 4.95. The highest BCUT2D eigenvalue weighted by atomic mass is 35.5. The molecule has 8 heteroatoms. The van der Waals surface area contributed by atoms with Crippen LogP contribution < -0.4 is 15.5 Å². The first kappa shape index (κ1) is 24.3. The van der Waals surface area contributed by atoms with Gasteiger partial charge in [0.2, 0.25) is 9.84 Å². The van der Waals surface area contributed by atoms with E-state index in [1.165, 1.54) is 0 Å². The second-order valence-electron chi connectivity index (χ2n) is 8.76. The Morgan fingerprint density at radius 1 is 0.944 bits per heavy atom. The van der Waals surface area contributed by atoms with Crippen molar-refractivity contribution in [3.05, 3.63) is 101 Å². The van der Waals surface area contributed by atoms with Gasteiger partial charge in [0.1, 0.15) is 0 Å². The van der Waals surface area contributed by atoms with E-state index in [0.717, 1.165) is 42.8 Å². The van der Waals surface area contributed by atoms with Gasteiger partial charge in [0.15, 0.2) is 5.04 Å². The zero-order chi connectivity index (χ0) is 25.1. The molecule has 0 saturated carbocycles. The number of rotatable bonds is 6. The van der Waals surface area contributed by atoms with Crippen molar-refractivity contribution in [1.29, 1.82) is 5.41 Å². The summed E-state index contributed by atoms with van der Waals surface area (Å²) < 4.78 is 27.6. The largest absolute Gasteiger partial charge is 0.380 e. The van der Waals surface area contributed by atoms with E-state index in [0.29, 0.717) is 28.2 Å². The van der Waals surface area contributed by atoms with E-state index in [4.69, 9.17) is 17.0 Å². The standard InChI is InChI=1S/C28H27ClN4O2S/c29-22-8-3-5-20(17-22)19-32-26-12-11-23(33-15-13-31-14-16-33)18-25(26)28(30)36(34,35)27-10-4-7-21-6-1-2-9-24(21)27/h1-12,17-18,30-32H,13-16,19H2. The van der Waals surface area contributed by atoms with Crippen LogP contribution in [0.4, 0.5) is 11.4 Å². The Bertz CT molecular complexity index is 1530. The molecule has 0 spiro atoms. The second kappa shape index (κ2) is 10.3. The fourth-order valence-corrected chi connectivity index (χ4v) is 6.15. The molecule has 0 bridgehead atoms. The van der Waals surface area contributed by atoms with Crippen LogP contribution in [-0.2, 0) is 16.4 Å². The highest BCUT2D eigenvalue weighted by Crippen LogP contribution is 2.31. The summed E-state index contributed by atoms with van der Waals surface area (Å²) >= 11 is 6.14. The number of anilines is 2. The monoisotopic (exact) mass is 518 g/mol. The predicted molar refractivity (Wildman–Crippen MR) is 148 cm³/mol. The van der Waals surface area contributed by atoms with E-state index in [-0.39, 0.29) is 4.90 Å². The maximum atomic E-state index is 13.8. The molecule has 0 aliphatic carbocycles. The van der Waals surface area contributed by atoms with Gasteiger partial charge in [-0.25, -0.2) is 8.42 Å². The van der Waals surface area contributed by atoms with Crippen molar-refractivity contribution >= 4 is 48.6 Å². The molecule has 1 aliphatic heterocycles. The molecular weight excluding hydrogens is 492 g/mol. The Hall–Kier alpha value is -3.39. The first-order chi connectivity index (χ1) is 17.4. The fourth-order valence-electron chi connectivity index (χ4n) is 4.52. The Morgan fingerprint density at radius 2 is 1.69 bits per heavy atom. The zero-order valence-corrected chi connectivity index (χ0v) is 21.2. The lowest BCUT2D eigenvalue weighted by Crippen LogP contribution is -2.43. The summed E-state index contributed by atoms with van der Waals surface area (Å²) in [5.74, 6) is 0. The predicted octanol–water partition coefficient (Wildman–Crippen LogP) is 5.31. The van der Waals surface area contributed by atoms with Crippen molar-refractivity contribution in [2.45, 2.75) is 11.4 Å². The number of piperazine rings is 1. The number of hydrogen-bond acceptors (Lipinski definition) is 6. The van der Waals surface area contributed by atoms with Crippen molar-refractivity contribution in [2.75, 3.05) is 36.4 Å². The third-order valence-corrected chi connectivity index (χ3v) is 8.34. The first-order valence-electron chi connectivity index (χ1n) is 11.8. The number of halogens is 1. The summed E-state index contributed by atoms with van der Waals surface area (Å²) in [5, 5.41) is 17.2. The van der Waals surface area contributed by atoms with Gasteiger partial charge in [-0.15, -0.1) is 0 Å². The van der Waals surface area contributed by atoms with Crippen LogP contribution in [0.25, 0.3) is 10.8 Å². The van der Waals surface area contributed by atoms with Crippen LogP contribution in [0.5, 0.6) is 0 Å². The third-order valence-electron chi connectivity index (χ3n) is 6.41. The van der Waals surface area contributed by atoms with Gasteiger partial charge in [0, 0.05) is 60.1 Å². The molecule has 36 heavy (non-hydrogen) atoms.